The second kappa shape index (κ2) is 7.24. The highest BCUT2D eigenvalue weighted by Crippen LogP contribution is 2.36. The Labute approximate surface area is 157 Å². The molecule has 0 bridgehead atoms. The van der Waals surface area contributed by atoms with Gasteiger partial charge in [0.2, 0.25) is 0 Å². The first kappa shape index (κ1) is 18.1. The number of hydrogen-bond donors (Lipinski definition) is 0. The van der Waals surface area contributed by atoms with E-state index in [9.17, 15) is 4.79 Å². The van der Waals surface area contributed by atoms with E-state index in [-0.39, 0.29) is 11.8 Å². The molecule has 0 spiro atoms. The van der Waals surface area contributed by atoms with E-state index >= 15 is 0 Å². The number of hydrogen-bond acceptors (Lipinski definition) is 3. The van der Waals surface area contributed by atoms with Gasteiger partial charge in [0.1, 0.15) is 11.5 Å². The molecule has 1 aromatic rings. The topological polar surface area (TPSA) is 38.8 Å². The van der Waals surface area contributed by atoms with E-state index in [1.807, 2.05) is 17.0 Å². The molecule has 134 valence electrons. The fourth-order valence-corrected chi connectivity index (χ4v) is 3.99. The van der Waals surface area contributed by atoms with E-state index in [1.165, 1.54) is 11.1 Å². The molecule has 25 heavy (non-hydrogen) atoms. The molecule has 0 aromatic heterocycles. The molecule has 1 aliphatic heterocycles. The van der Waals surface area contributed by atoms with Gasteiger partial charge in [0.15, 0.2) is 0 Å². The van der Waals surface area contributed by atoms with Crippen molar-refractivity contribution in [3.63, 3.8) is 0 Å². The van der Waals surface area contributed by atoms with Crippen molar-refractivity contribution in [1.29, 1.82) is 0 Å². The average Bonchev–Trinajstić information content (AvgIpc) is 3.02. The maximum atomic E-state index is 13.2. The molecule has 0 fully saturated rings. The van der Waals surface area contributed by atoms with Crippen LogP contribution in [-0.4, -0.2) is 42.9 Å². The number of halogens is 1. The zero-order valence-electron chi connectivity index (χ0n) is 15.1. The van der Waals surface area contributed by atoms with Gasteiger partial charge in [0, 0.05) is 24.0 Å². The van der Waals surface area contributed by atoms with Gasteiger partial charge in [-0.05, 0) is 35.1 Å². The smallest absolute Gasteiger partial charge is 0.258 e. The number of carbonyl (C=O) groups is 1. The molecule has 2 aliphatic rings. The van der Waals surface area contributed by atoms with Gasteiger partial charge in [0.25, 0.3) is 5.91 Å². The summed E-state index contributed by atoms with van der Waals surface area (Å²) in [7, 11) is 3.23. The van der Waals surface area contributed by atoms with Crippen LogP contribution in [0, 0.1) is 0 Å². The molecule has 5 heteroatoms. The van der Waals surface area contributed by atoms with Crippen molar-refractivity contribution < 1.29 is 14.3 Å². The van der Waals surface area contributed by atoms with Crippen LogP contribution in [0.3, 0.4) is 0 Å². The Kier molecular flexibility index (Phi) is 5.23. The lowest BCUT2D eigenvalue weighted by Crippen LogP contribution is -2.30. The SMILES string of the molecule is COc1cc(OC)c(C(C)C)cc1C(=O)N1CC2=C(CC(Br)C=C2)C1. The minimum Gasteiger partial charge on any atom is -0.496 e. The third kappa shape index (κ3) is 3.47. The summed E-state index contributed by atoms with van der Waals surface area (Å²) in [4.78, 5) is 15.4. The van der Waals surface area contributed by atoms with Gasteiger partial charge in [-0.3, -0.25) is 4.79 Å². The van der Waals surface area contributed by atoms with E-state index < -0.39 is 0 Å². The number of rotatable bonds is 4. The Morgan fingerprint density at radius 2 is 1.92 bits per heavy atom. The van der Waals surface area contributed by atoms with Crippen molar-refractivity contribution in [3.8, 4) is 11.5 Å². The van der Waals surface area contributed by atoms with E-state index in [0.29, 0.717) is 29.2 Å². The van der Waals surface area contributed by atoms with Crippen molar-refractivity contribution in [1.82, 2.24) is 4.90 Å². The molecule has 0 N–H and O–H groups in total. The molecular formula is C20H24BrNO3. The average molecular weight is 406 g/mol. The van der Waals surface area contributed by atoms with Crippen molar-refractivity contribution >= 4 is 21.8 Å². The van der Waals surface area contributed by atoms with Crippen molar-refractivity contribution in [2.45, 2.75) is 31.0 Å². The normalized spacial score (nSPS) is 19.4. The lowest BCUT2D eigenvalue weighted by molar-refractivity contribution is 0.0792. The highest BCUT2D eigenvalue weighted by Gasteiger charge is 2.30. The Bertz CT molecular complexity index is 752. The van der Waals surface area contributed by atoms with Crippen LogP contribution < -0.4 is 9.47 Å². The molecule has 1 heterocycles. The molecule has 0 saturated heterocycles. The van der Waals surface area contributed by atoms with Crippen molar-refractivity contribution in [3.05, 3.63) is 46.6 Å². The van der Waals surface area contributed by atoms with Gasteiger partial charge in [-0.1, -0.05) is 41.9 Å². The summed E-state index contributed by atoms with van der Waals surface area (Å²) < 4.78 is 10.9. The molecule has 0 saturated carbocycles. The van der Waals surface area contributed by atoms with Gasteiger partial charge in [-0.15, -0.1) is 0 Å². The third-order valence-electron chi connectivity index (χ3n) is 4.84. The predicted octanol–water partition coefficient (Wildman–Crippen LogP) is 4.30. The number of ether oxygens (including phenoxy) is 2. The highest BCUT2D eigenvalue weighted by atomic mass is 79.9. The molecule has 1 aliphatic carbocycles. The van der Waals surface area contributed by atoms with Crippen LogP contribution in [0.2, 0.25) is 0 Å². The quantitative estimate of drug-likeness (QED) is 0.700. The van der Waals surface area contributed by atoms with Crippen molar-refractivity contribution in [2.24, 2.45) is 0 Å². The molecule has 0 radical (unpaired) electrons. The van der Waals surface area contributed by atoms with Crippen LogP contribution in [0.5, 0.6) is 11.5 Å². The summed E-state index contributed by atoms with van der Waals surface area (Å²) in [5, 5.41) is 0. The Morgan fingerprint density at radius 1 is 1.20 bits per heavy atom. The zero-order chi connectivity index (χ0) is 18.1. The van der Waals surface area contributed by atoms with Gasteiger partial charge in [0.05, 0.1) is 19.8 Å². The van der Waals surface area contributed by atoms with Gasteiger partial charge in [-0.2, -0.15) is 0 Å². The summed E-state index contributed by atoms with van der Waals surface area (Å²) in [6, 6.07) is 3.74. The van der Waals surface area contributed by atoms with E-state index in [1.54, 1.807) is 14.2 Å². The van der Waals surface area contributed by atoms with Gasteiger partial charge >= 0.3 is 0 Å². The van der Waals surface area contributed by atoms with Crippen molar-refractivity contribution in [2.75, 3.05) is 27.3 Å². The maximum Gasteiger partial charge on any atom is 0.258 e. The molecular weight excluding hydrogens is 382 g/mol. The Balaban J connectivity index is 1.90. The van der Waals surface area contributed by atoms with Crippen LogP contribution in [-0.2, 0) is 0 Å². The molecule has 3 rings (SSSR count). The summed E-state index contributed by atoms with van der Waals surface area (Å²) in [6.45, 7) is 5.54. The van der Waals surface area contributed by atoms with Crippen LogP contribution in [0.25, 0.3) is 0 Å². The Hall–Kier alpha value is -1.75. The number of amides is 1. The zero-order valence-corrected chi connectivity index (χ0v) is 16.7. The first-order valence-corrected chi connectivity index (χ1v) is 9.44. The lowest BCUT2D eigenvalue weighted by Gasteiger charge is -2.21. The summed E-state index contributed by atoms with van der Waals surface area (Å²) in [5.74, 6) is 1.59. The largest absolute Gasteiger partial charge is 0.496 e. The number of nitrogens with zero attached hydrogens (tertiary/aromatic N) is 1. The standard InChI is InChI=1S/C20H24BrNO3/c1-12(2)16-8-17(19(25-4)9-18(16)24-3)20(23)22-10-13-5-6-15(21)7-14(13)11-22/h5-6,8-9,12,15H,7,10-11H2,1-4H3. The monoisotopic (exact) mass is 405 g/mol. The molecule has 1 aromatic carbocycles. The minimum absolute atomic E-state index is 0.00956. The Morgan fingerprint density at radius 3 is 2.56 bits per heavy atom. The molecule has 4 nitrogen and oxygen atoms in total. The summed E-state index contributed by atoms with van der Waals surface area (Å²) in [5.41, 5.74) is 4.23. The highest BCUT2D eigenvalue weighted by molar-refractivity contribution is 9.09. The first-order valence-electron chi connectivity index (χ1n) is 8.53. The molecule has 1 amide bonds. The lowest BCUT2D eigenvalue weighted by atomic mass is 9.98. The number of alkyl halides is 1. The number of methoxy groups -OCH3 is 2. The minimum atomic E-state index is 0.00956. The third-order valence-corrected chi connectivity index (χ3v) is 5.47. The first-order chi connectivity index (χ1) is 11.9. The number of allylic oxidation sites excluding steroid dienone is 1. The predicted molar refractivity (Wildman–Crippen MR) is 103 cm³/mol. The fraction of sp³-hybridized carbons (Fsp3) is 0.450. The summed E-state index contributed by atoms with van der Waals surface area (Å²) in [6.07, 6.45) is 5.25. The van der Waals surface area contributed by atoms with Crippen LogP contribution in [0.15, 0.2) is 35.4 Å². The number of benzene rings is 1. The van der Waals surface area contributed by atoms with E-state index in [2.05, 4.69) is 41.9 Å². The molecule has 1 atom stereocenters. The molecule has 1 unspecified atom stereocenters. The second-order valence-corrected chi connectivity index (χ2v) is 7.99. The van der Waals surface area contributed by atoms with E-state index in [4.69, 9.17) is 9.47 Å². The fourth-order valence-electron chi connectivity index (χ4n) is 3.45. The van der Waals surface area contributed by atoms with Crippen LogP contribution in [0.1, 0.15) is 42.1 Å². The van der Waals surface area contributed by atoms with Gasteiger partial charge in [-0.25, -0.2) is 0 Å². The second-order valence-electron chi connectivity index (χ2n) is 6.82. The van der Waals surface area contributed by atoms with E-state index in [0.717, 1.165) is 17.7 Å². The van der Waals surface area contributed by atoms with Crippen LogP contribution in [0.4, 0.5) is 0 Å². The summed E-state index contributed by atoms with van der Waals surface area (Å²) >= 11 is 3.63. The number of carbonyl (C=O) groups excluding carboxylic acids is 1. The van der Waals surface area contributed by atoms with Gasteiger partial charge < -0.3 is 14.4 Å². The maximum absolute atomic E-state index is 13.2. The van der Waals surface area contributed by atoms with Crippen LogP contribution >= 0.6 is 15.9 Å².